The van der Waals surface area contributed by atoms with Crippen LogP contribution in [0, 0.1) is 11.8 Å². The molecule has 9 heteroatoms. The minimum Gasteiger partial charge on any atom is -0.365 e. The zero-order chi connectivity index (χ0) is 24.7. The van der Waals surface area contributed by atoms with Crippen molar-refractivity contribution in [2.24, 2.45) is 11.8 Å². The zero-order valence-electron chi connectivity index (χ0n) is 19.9. The first-order valence-corrected chi connectivity index (χ1v) is 13.1. The van der Waals surface area contributed by atoms with Crippen LogP contribution in [0.2, 0.25) is 0 Å². The summed E-state index contributed by atoms with van der Waals surface area (Å²) in [6.45, 7) is 3.51. The van der Waals surface area contributed by atoms with Crippen LogP contribution in [-0.4, -0.2) is 65.0 Å². The van der Waals surface area contributed by atoms with E-state index in [0.29, 0.717) is 12.0 Å². The molecular formula is C26H30FN3O4S. The Balaban J connectivity index is 1.27. The topological polar surface area (TPSA) is 88.6 Å². The Labute approximate surface area is 208 Å². The van der Waals surface area contributed by atoms with Crippen molar-refractivity contribution in [3.05, 3.63) is 40.2 Å². The maximum atomic E-state index is 14.4. The van der Waals surface area contributed by atoms with E-state index in [0.717, 1.165) is 28.6 Å². The van der Waals surface area contributed by atoms with Gasteiger partial charge >= 0.3 is 0 Å². The molecule has 0 bridgehead atoms. The van der Waals surface area contributed by atoms with Gasteiger partial charge in [-0.2, -0.15) is 0 Å². The fourth-order valence-electron chi connectivity index (χ4n) is 4.86. The first-order valence-electron chi connectivity index (χ1n) is 12.2. The van der Waals surface area contributed by atoms with Gasteiger partial charge in [0.1, 0.15) is 31.0 Å². The van der Waals surface area contributed by atoms with Gasteiger partial charge in [-0.1, -0.05) is 26.0 Å². The molecule has 1 unspecified atom stereocenters. The van der Waals surface area contributed by atoms with Crippen molar-refractivity contribution in [2.75, 3.05) is 13.2 Å². The number of nitrogens with one attached hydrogen (secondary N) is 1. The number of ketones is 1. The van der Waals surface area contributed by atoms with Crippen LogP contribution in [0.15, 0.2) is 29.6 Å². The van der Waals surface area contributed by atoms with Crippen molar-refractivity contribution in [1.29, 1.82) is 0 Å². The number of aromatic nitrogens is 1. The van der Waals surface area contributed by atoms with Gasteiger partial charge in [-0.3, -0.25) is 14.4 Å². The molecule has 35 heavy (non-hydrogen) atoms. The molecule has 1 aromatic carbocycles. The summed E-state index contributed by atoms with van der Waals surface area (Å²) in [6.07, 6.45) is 1.67. The van der Waals surface area contributed by atoms with Crippen molar-refractivity contribution in [2.45, 2.75) is 63.9 Å². The second-order valence-corrected chi connectivity index (χ2v) is 11.1. The van der Waals surface area contributed by atoms with E-state index in [-0.39, 0.29) is 30.8 Å². The lowest BCUT2D eigenvalue weighted by Crippen LogP contribution is -2.52. The fraction of sp³-hybridized carbons (Fsp3) is 0.538. The second kappa shape index (κ2) is 9.78. The normalized spacial score (nSPS) is 24.6. The highest BCUT2D eigenvalue weighted by Gasteiger charge is 2.53. The number of fused-ring (bicyclic) bond motifs is 1. The number of benzene rings is 1. The van der Waals surface area contributed by atoms with E-state index in [4.69, 9.17) is 9.72 Å². The van der Waals surface area contributed by atoms with Crippen LogP contribution in [-0.2, 0) is 20.7 Å². The van der Waals surface area contributed by atoms with Crippen LogP contribution in [0.1, 0.15) is 48.5 Å². The van der Waals surface area contributed by atoms with Crippen LogP contribution in [0.25, 0.3) is 11.3 Å². The average molecular weight is 500 g/mol. The van der Waals surface area contributed by atoms with E-state index in [1.807, 2.05) is 31.4 Å². The van der Waals surface area contributed by atoms with Gasteiger partial charge in [0.2, 0.25) is 5.91 Å². The van der Waals surface area contributed by atoms with Crippen LogP contribution in [0.3, 0.4) is 0 Å². The molecule has 7 nitrogen and oxygen atoms in total. The molecule has 1 aromatic heterocycles. The lowest BCUT2D eigenvalue weighted by atomic mass is 10.0. The van der Waals surface area contributed by atoms with E-state index in [9.17, 15) is 18.8 Å². The van der Waals surface area contributed by atoms with Gasteiger partial charge in [0.25, 0.3) is 5.91 Å². The van der Waals surface area contributed by atoms with Gasteiger partial charge in [0.15, 0.2) is 5.78 Å². The molecule has 186 valence electrons. The molecule has 0 radical (unpaired) electrons. The van der Waals surface area contributed by atoms with Crippen molar-refractivity contribution in [3.63, 3.8) is 0 Å². The number of Topliss-reactive ketones (excluding diaryl/α,β-unsaturated/α-hetero) is 1. The Morgan fingerprint density at radius 2 is 2.00 bits per heavy atom. The number of likely N-dealkylation sites (tertiary alicyclic amines) is 1. The van der Waals surface area contributed by atoms with Crippen LogP contribution >= 0.6 is 11.3 Å². The highest BCUT2D eigenvalue weighted by Crippen LogP contribution is 2.34. The molecular weight excluding hydrogens is 469 g/mol. The number of hydrogen-bond donors (Lipinski definition) is 1. The summed E-state index contributed by atoms with van der Waals surface area (Å²) >= 11 is 1.67. The molecule has 1 aliphatic carbocycles. The lowest BCUT2D eigenvalue weighted by molar-refractivity contribution is -0.138. The fourth-order valence-corrected chi connectivity index (χ4v) is 5.78. The number of carbonyl (C=O) groups excluding carboxylic acids is 3. The number of carbonyl (C=O) groups is 3. The molecule has 4 atom stereocenters. The third-order valence-electron chi connectivity index (χ3n) is 6.87. The second-order valence-electron chi connectivity index (χ2n) is 10.2. The summed E-state index contributed by atoms with van der Waals surface area (Å²) in [5.74, 6) is -0.233. The van der Waals surface area contributed by atoms with Gasteiger partial charge in [-0.05, 0) is 43.2 Å². The Kier molecular flexibility index (Phi) is 6.72. The standard InChI is InChI=1S/C26H30FN3O4S/c1-14(2)9-19(26(33)30-11-18(27)24-23(30)21(31)12-34-24)29-25(32)17-7-5-16(6-8-17)20-13-35-22(28-20)10-15-3-4-15/h5-8,13-15,18-19,23-24H,3-4,9-12H2,1-2H3,(H,29,32)/t18-,19-,23?,24+/m0/s1. The summed E-state index contributed by atoms with van der Waals surface area (Å²) in [5.41, 5.74) is 2.26. The molecule has 3 heterocycles. The largest absolute Gasteiger partial charge is 0.365 e. The Hall–Kier alpha value is -2.65. The molecule has 2 amide bonds. The minimum absolute atomic E-state index is 0.108. The van der Waals surface area contributed by atoms with Crippen LogP contribution in [0.4, 0.5) is 4.39 Å². The van der Waals surface area contributed by atoms with Gasteiger partial charge in [0.05, 0.1) is 17.2 Å². The van der Waals surface area contributed by atoms with Crippen molar-refractivity contribution >= 4 is 28.9 Å². The van der Waals surface area contributed by atoms with E-state index in [1.165, 1.54) is 17.7 Å². The number of alkyl halides is 1. The first-order chi connectivity index (χ1) is 16.8. The molecule has 1 N–H and O–H groups in total. The molecule has 2 aliphatic heterocycles. The quantitative estimate of drug-likeness (QED) is 0.601. The average Bonchev–Trinajstić information content (AvgIpc) is 3.22. The number of hydrogen-bond acceptors (Lipinski definition) is 6. The number of amides is 2. The molecule has 0 spiro atoms. The summed E-state index contributed by atoms with van der Waals surface area (Å²) in [7, 11) is 0. The zero-order valence-corrected chi connectivity index (χ0v) is 20.7. The summed E-state index contributed by atoms with van der Waals surface area (Å²) in [6, 6.07) is 5.39. The predicted molar refractivity (Wildman–Crippen MR) is 130 cm³/mol. The molecule has 2 aromatic rings. The van der Waals surface area contributed by atoms with Gasteiger partial charge in [-0.25, -0.2) is 9.37 Å². The highest BCUT2D eigenvalue weighted by atomic mass is 32.1. The Morgan fingerprint density at radius 3 is 2.69 bits per heavy atom. The van der Waals surface area contributed by atoms with Crippen LogP contribution < -0.4 is 5.32 Å². The van der Waals surface area contributed by atoms with Crippen molar-refractivity contribution in [3.8, 4) is 11.3 Å². The smallest absolute Gasteiger partial charge is 0.251 e. The Morgan fingerprint density at radius 1 is 1.26 bits per heavy atom. The number of thiazole rings is 1. The third kappa shape index (κ3) is 5.16. The van der Waals surface area contributed by atoms with E-state index >= 15 is 0 Å². The van der Waals surface area contributed by atoms with Crippen molar-refractivity contribution < 1.29 is 23.5 Å². The SMILES string of the molecule is CC(C)C[C@H](NC(=O)c1ccc(-c2csc(CC3CC3)n2)cc1)C(=O)N1C[C@H](F)[C@H]2OCC(=O)C21. The Bertz CT molecular complexity index is 1110. The lowest BCUT2D eigenvalue weighted by Gasteiger charge is -2.28. The summed E-state index contributed by atoms with van der Waals surface area (Å²) in [5, 5.41) is 6.01. The number of rotatable bonds is 8. The summed E-state index contributed by atoms with van der Waals surface area (Å²) < 4.78 is 19.7. The van der Waals surface area contributed by atoms with E-state index in [2.05, 4.69) is 5.32 Å². The monoisotopic (exact) mass is 499 g/mol. The summed E-state index contributed by atoms with van der Waals surface area (Å²) in [4.78, 5) is 44.6. The molecule has 1 saturated carbocycles. The van der Waals surface area contributed by atoms with Crippen molar-refractivity contribution in [1.82, 2.24) is 15.2 Å². The maximum Gasteiger partial charge on any atom is 0.251 e. The van der Waals surface area contributed by atoms with Gasteiger partial charge in [0, 0.05) is 22.9 Å². The van der Waals surface area contributed by atoms with Crippen LogP contribution in [0.5, 0.6) is 0 Å². The number of nitrogens with zero attached hydrogens (tertiary/aromatic N) is 2. The van der Waals surface area contributed by atoms with Gasteiger partial charge < -0.3 is 15.0 Å². The number of ether oxygens (including phenoxy) is 1. The highest BCUT2D eigenvalue weighted by molar-refractivity contribution is 7.09. The third-order valence-corrected chi connectivity index (χ3v) is 7.74. The molecule has 5 rings (SSSR count). The van der Waals surface area contributed by atoms with E-state index < -0.39 is 30.3 Å². The number of halogens is 1. The maximum absolute atomic E-state index is 14.4. The minimum atomic E-state index is -1.41. The molecule has 3 fully saturated rings. The van der Waals surface area contributed by atoms with Gasteiger partial charge in [-0.15, -0.1) is 11.3 Å². The molecule has 3 aliphatic rings. The first kappa shape index (κ1) is 24.1. The van der Waals surface area contributed by atoms with E-state index in [1.54, 1.807) is 23.5 Å². The predicted octanol–water partition coefficient (Wildman–Crippen LogP) is 3.42. The molecule has 2 saturated heterocycles.